The average molecular weight is 473 g/mol. The van der Waals surface area contributed by atoms with Crippen LogP contribution in [0.15, 0.2) is 36.5 Å². The molecule has 3 aromatic rings. The van der Waals surface area contributed by atoms with E-state index in [1.54, 1.807) is 6.20 Å². The van der Waals surface area contributed by atoms with Gasteiger partial charge in [0.2, 0.25) is 5.95 Å². The molecule has 0 spiro atoms. The first-order chi connectivity index (χ1) is 15.8. The van der Waals surface area contributed by atoms with Gasteiger partial charge in [0.05, 0.1) is 28.0 Å². The number of aryl methyl sites for hydroxylation is 1. The molecule has 2 aliphatic heterocycles. The minimum absolute atomic E-state index is 0.348. The fourth-order valence-electron chi connectivity index (χ4n) is 4.26. The molecule has 0 radical (unpaired) electrons. The van der Waals surface area contributed by atoms with Crippen molar-refractivity contribution >= 4 is 35.8 Å². The van der Waals surface area contributed by atoms with Crippen LogP contribution in [0.4, 0.5) is 36.3 Å². The van der Waals surface area contributed by atoms with E-state index in [4.69, 9.17) is 4.98 Å². The van der Waals surface area contributed by atoms with Crippen molar-refractivity contribution in [1.29, 1.82) is 0 Å². The number of rotatable bonds is 3. The third-order valence-corrected chi connectivity index (χ3v) is 6.26. The van der Waals surface area contributed by atoms with Crippen LogP contribution in [-0.4, -0.2) is 33.4 Å². The number of hydrogen-bond donors (Lipinski definition) is 3. The van der Waals surface area contributed by atoms with Gasteiger partial charge < -0.3 is 15.5 Å². The van der Waals surface area contributed by atoms with E-state index in [0.29, 0.717) is 29.3 Å². The van der Waals surface area contributed by atoms with Crippen molar-refractivity contribution in [2.24, 2.45) is 0 Å². The van der Waals surface area contributed by atoms with E-state index in [9.17, 15) is 13.2 Å². The molecule has 2 aromatic heterocycles. The molecular formula is C23H23F3N6S. The number of alkyl halides is 3. The summed E-state index contributed by atoms with van der Waals surface area (Å²) in [6.07, 6.45) is 0.0981. The Morgan fingerprint density at radius 3 is 2.64 bits per heavy atom. The Morgan fingerprint density at radius 1 is 1.12 bits per heavy atom. The standard InChI is InChI=1S/C23H23F3N6S/c1-13-17(6-7-19(28-13)32-8-2-3-9-32)30-22-27-12-14-10-20(33)29-18-11-15(23(24,25)26)4-5-16(18)21(14)31-22/h4-7,11-12,20,29,33H,2-3,8-10H2,1H3,(H,27,30,31). The van der Waals surface area contributed by atoms with Gasteiger partial charge in [0.25, 0.3) is 0 Å². The summed E-state index contributed by atoms with van der Waals surface area (Å²) in [5, 5.41) is 5.91. The zero-order valence-electron chi connectivity index (χ0n) is 17.9. The van der Waals surface area contributed by atoms with Crippen LogP contribution in [0.2, 0.25) is 0 Å². The van der Waals surface area contributed by atoms with E-state index in [1.165, 1.54) is 18.9 Å². The lowest BCUT2D eigenvalue weighted by molar-refractivity contribution is -0.137. The summed E-state index contributed by atoms with van der Waals surface area (Å²) in [6, 6.07) is 7.56. The van der Waals surface area contributed by atoms with Gasteiger partial charge in [-0.15, -0.1) is 0 Å². The Kier molecular flexibility index (Phi) is 5.55. The van der Waals surface area contributed by atoms with Crippen molar-refractivity contribution in [2.45, 2.75) is 37.7 Å². The Bertz CT molecular complexity index is 1190. The molecule has 0 aliphatic carbocycles. The molecule has 0 saturated carbocycles. The summed E-state index contributed by atoms with van der Waals surface area (Å²) in [7, 11) is 0. The van der Waals surface area contributed by atoms with E-state index in [0.717, 1.165) is 48.0 Å². The van der Waals surface area contributed by atoms with Crippen LogP contribution in [0.1, 0.15) is 29.7 Å². The summed E-state index contributed by atoms with van der Waals surface area (Å²) >= 11 is 4.48. The largest absolute Gasteiger partial charge is 0.416 e. The van der Waals surface area contributed by atoms with Gasteiger partial charge in [-0.05, 0) is 49.6 Å². The van der Waals surface area contributed by atoms with Gasteiger partial charge in [0, 0.05) is 37.0 Å². The third-order valence-electron chi connectivity index (χ3n) is 5.95. The second-order valence-electron chi connectivity index (χ2n) is 8.31. The lowest BCUT2D eigenvalue weighted by atomic mass is 10.0. The molecule has 1 atom stereocenters. The number of nitrogens with one attached hydrogen (secondary N) is 2. The van der Waals surface area contributed by atoms with Crippen molar-refractivity contribution in [3.05, 3.63) is 53.3 Å². The summed E-state index contributed by atoms with van der Waals surface area (Å²) in [5.41, 5.74) is 3.21. The molecule has 1 unspecified atom stereocenters. The van der Waals surface area contributed by atoms with Crippen molar-refractivity contribution < 1.29 is 13.2 Å². The first-order valence-corrected chi connectivity index (χ1v) is 11.3. The Morgan fingerprint density at radius 2 is 1.91 bits per heavy atom. The highest BCUT2D eigenvalue weighted by molar-refractivity contribution is 7.81. The van der Waals surface area contributed by atoms with Crippen molar-refractivity contribution in [3.8, 4) is 11.3 Å². The van der Waals surface area contributed by atoms with Gasteiger partial charge in [-0.25, -0.2) is 15.0 Å². The van der Waals surface area contributed by atoms with Gasteiger partial charge in [0.1, 0.15) is 5.82 Å². The predicted molar refractivity (Wildman–Crippen MR) is 126 cm³/mol. The second kappa shape index (κ2) is 8.40. The maximum Gasteiger partial charge on any atom is 0.416 e. The first-order valence-electron chi connectivity index (χ1n) is 10.8. The molecule has 5 rings (SSSR count). The summed E-state index contributed by atoms with van der Waals surface area (Å²) in [4.78, 5) is 16.1. The smallest absolute Gasteiger partial charge is 0.373 e. The number of aromatic nitrogens is 3. The van der Waals surface area contributed by atoms with Gasteiger partial charge in [-0.1, -0.05) is 6.07 Å². The molecule has 0 bridgehead atoms. The number of benzene rings is 1. The molecule has 6 nitrogen and oxygen atoms in total. The van der Waals surface area contributed by atoms with Crippen LogP contribution in [0.5, 0.6) is 0 Å². The van der Waals surface area contributed by atoms with Gasteiger partial charge in [0.15, 0.2) is 0 Å². The maximum absolute atomic E-state index is 13.2. The molecule has 2 aliphatic rings. The van der Waals surface area contributed by atoms with Crippen LogP contribution in [0, 0.1) is 6.92 Å². The Balaban J connectivity index is 1.48. The Labute approximate surface area is 195 Å². The molecule has 0 amide bonds. The Hall–Kier alpha value is -3.01. The normalized spacial score (nSPS) is 17.7. The van der Waals surface area contributed by atoms with Crippen LogP contribution in [0.3, 0.4) is 0 Å². The quantitative estimate of drug-likeness (QED) is 0.442. The van der Waals surface area contributed by atoms with E-state index in [1.807, 2.05) is 19.1 Å². The number of thiol groups is 1. The average Bonchev–Trinajstić information content (AvgIpc) is 3.26. The van der Waals surface area contributed by atoms with Gasteiger partial charge >= 0.3 is 6.18 Å². The van der Waals surface area contributed by atoms with E-state index in [2.05, 4.69) is 38.1 Å². The molecule has 1 saturated heterocycles. The molecule has 1 fully saturated rings. The molecule has 2 N–H and O–H groups in total. The van der Waals surface area contributed by atoms with Crippen LogP contribution >= 0.6 is 12.6 Å². The van der Waals surface area contributed by atoms with Crippen LogP contribution in [-0.2, 0) is 12.6 Å². The number of hydrogen-bond acceptors (Lipinski definition) is 7. The minimum Gasteiger partial charge on any atom is -0.373 e. The number of nitrogens with zero attached hydrogens (tertiary/aromatic N) is 4. The van der Waals surface area contributed by atoms with Crippen molar-refractivity contribution in [1.82, 2.24) is 15.0 Å². The van der Waals surface area contributed by atoms with Gasteiger partial charge in [-0.3, -0.25) is 0 Å². The lowest BCUT2D eigenvalue weighted by Gasteiger charge is -2.18. The number of halogens is 3. The summed E-state index contributed by atoms with van der Waals surface area (Å²) in [6.45, 7) is 3.96. The highest BCUT2D eigenvalue weighted by atomic mass is 32.1. The van der Waals surface area contributed by atoms with E-state index < -0.39 is 11.7 Å². The maximum atomic E-state index is 13.2. The van der Waals surface area contributed by atoms with Crippen molar-refractivity contribution in [3.63, 3.8) is 0 Å². The lowest BCUT2D eigenvalue weighted by Crippen LogP contribution is -2.19. The SMILES string of the molecule is Cc1nc(N2CCCC2)ccc1Nc1ncc2c(n1)-c1ccc(C(F)(F)F)cc1NC(S)C2. The zero-order valence-corrected chi connectivity index (χ0v) is 18.8. The van der Waals surface area contributed by atoms with Gasteiger partial charge in [-0.2, -0.15) is 25.8 Å². The molecule has 10 heteroatoms. The molecule has 33 heavy (non-hydrogen) atoms. The van der Waals surface area contributed by atoms with E-state index >= 15 is 0 Å². The second-order valence-corrected chi connectivity index (χ2v) is 8.93. The predicted octanol–water partition coefficient (Wildman–Crippen LogP) is 5.43. The van der Waals surface area contributed by atoms with Crippen LogP contribution < -0.4 is 15.5 Å². The highest BCUT2D eigenvalue weighted by Gasteiger charge is 2.32. The molecular weight excluding hydrogens is 449 g/mol. The number of anilines is 4. The first kappa shape index (κ1) is 21.8. The third kappa shape index (κ3) is 4.44. The fourth-order valence-corrected chi connectivity index (χ4v) is 4.59. The molecule has 4 heterocycles. The molecule has 172 valence electrons. The van der Waals surface area contributed by atoms with Crippen LogP contribution in [0.25, 0.3) is 11.3 Å². The molecule has 1 aromatic carbocycles. The summed E-state index contributed by atoms with van der Waals surface area (Å²) < 4.78 is 39.7. The number of pyridine rings is 1. The highest BCUT2D eigenvalue weighted by Crippen LogP contribution is 2.39. The van der Waals surface area contributed by atoms with Crippen molar-refractivity contribution in [2.75, 3.05) is 28.6 Å². The monoisotopic (exact) mass is 472 g/mol. The number of fused-ring (bicyclic) bond motifs is 3. The fraction of sp³-hybridized carbons (Fsp3) is 0.348. The minimum atomic E-state index is -4.43. The zero-order chi connectivity index (χ0) is 23.2. The van der Waals surface area contributed by atoms with E-state index in [-0.39, 0.29) is 5.37 Å². The summed E-state index contributed by atoms with van der Waals surface area (Å²) in [5.74, 6) is 1.31. The topological polar surface area (TPSA) is 66.0 Å².